The number of phenols is 1. The van der Waals surface area contributed by atoms with E-state index in [0.29, 0.717) is 13.1 Å². The molecule has 1 amide bonds. The zero-order valence-corrected chi connectivity index (χ0v) is 14.0. The fraction of sp³-hybridized carbons (Fsp3) is 0.556. The highest BCUT2D eigenvalue weighted by atomic mass is 16.6. The molecule has 0 spiro atoms. The van der Waals surface area contributed by atoms with Crippen LogP contribution in [0.15, 0.2) is 24.3 Å². The summed E-state index contributed by atoms with van der Waals surface area (Å²) in [7, 11) is 0. The van der Waals surface area contributed by atoms with Gasteiger partial charge in [-0.05, 0) is 57.2 Å². The van der Waals surface area contributed by atoms with Crippen LogP contribution in [0.1, 0.15) is 45.1 Å². The molecule has 0 aromatic heterocycles. The Morgan fingerprint density at radius 3 is 2.57 bits per heavy atom. The molecule has 2 rings (SSSR count). The summed E-state index contributed by atoms with van der Waals surface area (Å²) in [6.07, 6.45) is 2.36. The number of carbonyl (C=O) groups excluding carboxylic acids is 2. The number of hydrogen-bond donors (Lipinski definition) is 1. The SMILES string of the molecule is CC(C)(C)OC(=O)N1CCCC(C(C=O)c2ccc(O)cc2)C1. The molecule has 1 fully saturated rings. The lowest BCUT2D eigenvalue weighted by Crippen LogP contribution is -2.44. The molecule has 0 bridgehead atoms. The molecule has 5 nitrogen and oxygen atoms in total. The van der Waals surface area contributed by atoms with Crippen molar-refractivity contribution >= 4 is 12.4 Å². The Balaban J connectivity index is 2.08. The van der Waals surface area contributed by atoms with Crippen LogP contribution in [0.5, 0.6) is 5.75 Å². The summed E-state index contributed by atoms with van der Waals surface area (Å²) in [4.78, 5) is 25.5. The van der Waals surface area contributed by atoms with Gasteiger partial charge in [0.25, 0.3) is 0 Å². The molecule has 0 aliphatic carbocycles. The topological polar surface area (TPSA) is 66.8 Å². The Labute approximate surface area is 137 Å². The number of piperidine rings is 1. The highest BCUT2D eigenvalue weighted by molar-refractivity contribution is 5.69. The van der Waals surface area contributed by atoms with Crippen LogP contribution in [0.4, 0.5) is 4.79 Å². The molecule has 1 aliphatic heterocycles. The Morgan fingerprint density at radius 2 is 2.00 bits per heavy atom. The highest BCUT2D eigenvalue weighted by Crippen LogP contribution is 2.31. The quantitative estimate of drug-likeness (QED) is 0.868. The molecule has 5 heteroatoms. The molecule has 1 N–H and O–H groups in total. The molecular formula is C18H25NO4. The van der Waals surface area contributed by atoms with E-state index in [0.717, 1.165) is 24.7 Å². The highest BCUT2D eigenvalue weighted by Gasteiger charge is 2.32. The fourth-order valence-electron chi connectivity index (χ4n) is 2.95. The summed E-state index contributed by atoms with van der Waals surface area (Å²) >= 11 is 0. The monoisotopic (exact) mass is 319 g/mol. The summed E-state index contributed by atoms with van der Waals surface area (Å²) < 4.78 is 5.43. The molecule has 0 radical (unpaired) electrons. The Morgan fingerprint density at radius 1 is 1.35 bits per heavy atom. The van der Waals surface area contributed by atoms with E-state index in [4.69, 9.17) is 4.74 Å². The first kappa shape index (κ1) is 17.3. The molecular weight excluding hydrogens is 294 g/mol. The predicted octanol–water partition coefficient (Wildman–Crippen LogP) is 3.32. The number of ether oxygens (including phenoxy) is 1. The predicted molar refractivity (Wildman–Crippen MR) is 87.4 cm³/mol. The third kappa shape index (κ3) is 4.71. The van der Waals surface area contributed by atoms with E-state index in [1.807, 2.05) is 20.8 Å². The first-order valence-corrected chi connectivity index (χ1v) is 8.02. The van der Waals surface area contributed by atoms with Crippen LogP contribution in [-0.4, -0.2) is 41.1 Å². The minimum atomic E-state index is -0.523. The van der Waals surface area contributed by atoms with Crippen molar-refractivity contribution in [3.63, 3.8) is 0 Å². The van der Waals surface area contributed by atoms with Crippen molar-refractivity contribution in [3.8, 4) is 5.75 Å². The minimum absolute atomic E-state index is 0.0679. The van der Waals surface area contributed by atoms with E-state index in [9.17, 15) is 14.7 Å². The Kier molecular flexibility index (Phi) is 5.29. The number of benzene rings is 1. The van der Waals surface area contributed by atoms with Gasteiger partial charge in [-0.15, -0.1) is 0 Å². The summed E-state index contributed by atoms with van der Waals surface area (Å²) in [5, 5.41) is 9.39. The van der Waals surface area contributed by atoms with Gasteiger partial charge in [0, 0.05) is 19.0 Å². The lowest BCUT2D eigenvalue weighted by Gasteiger charge is -2.36. The first-order valence-electron chi connectivity index (χ1n) is 8.02. The maximum atomic E-state index is 12.2. The first-order chi connectivity index (χ1) is 10.8. The molecule has 23 heavy (non-hydrogen) atoms. The van der Waals surface area contributed by atoms with E-state index >= 15 is 0 Å². The Hall–Kier alpha value is -2.04. The van der Waals surface area contributed by atoms with Crippen molar-refractivity contribution in [2.45, 2.75) is 45.1 Å². The molecule has 2 atom stereocenters. The zero-order chi connectivity index (χ0) is 17.0. The van der Waals surface area contributed by atoms with Gasteiger partial charge in [-0.2, -0.15) is 0 Å². The van der Waals surface area contributed by atoms with Gasteiger partial charge in [-0.3, -0.25) is 0 Å². The van der Waals surface area contributed by atoms with Crippen LogP contribution in [0, 0.1) is 5.92 Å². The van der Waals surface area contributed by atoms with Crippen LogP contribution in [-0.2, 0) is 9.53 Å². The molecule has 1 heterocycles. The number of carbonyl (C=O) groups is 2. The van der Waals surface area contributed by atoms with Crippen LogP contribution in [0.2, 0.25) is 0 Å². The Bertz CT molecular complexity index is 547. The van der Waals surface area contributed by atoms with E-state index in [2.05, 4.69) is 0 Å². The molecule has 0 saturated carbocycles. The molecule has 126 valence electrons. The lowest BCUT2D eigenvalue weighted by atomic mass is 9.82. The van der Waals surface area contributed by atoms with Crippen molar-refractivity contribution in [1.29, 1.82) is 0 Å². The number of hydrogen-bond acceptors (Lipinski definition) is 4. The second-order valence-corrected chi connectivity index (χ2v) is 7.08. The van der Waals surface area contributed by atoms with Gasteiger partial charge < -0.3 is 19.5 Å². The second-order valence-electron chi connectivity index (χ2n) is 7.08. The average molecular weight is 319 g/mol. The van der Waals surface area contributed by atoms with Gasteiger partial charge in [0.05, 0.1) is 0 Å². The standard InChI is InChI=1S/C18H25NO4/c1-18(2,3)23-17(22)19-10-4-5-14(11-19)16(12-20)13-6-8-15(21)9-7-13/h6-9,12,14,16,21H,4-5,10-11H2,1-3H3. The van der Waals surface area contributed by atoms with Crippen LogP contribution < -0.4 is 0 Å². The number of aromatic hydroxyl groups is 1. The van der Waals surface area contributed by atoms with Crippen molar-refractivity contribution < 1.29 is 19.4 Å². The van der Waals surface area contributed by atoms with Crippen LogP contribution >= 0.6 is 0 Å². The lowest BCUT2D eigenvalue weighted by molar-refractivity contribution is -0.110. The van der Waals surface area contributed by atoms with Gasteiger partial charge in [-0.1, -0.05) is 12.1 Å². The molecule has 1 aliphatic rings. The van der Waals surface area contributed by atoms with Gasteiger partial charge in [-0.25, -0.2) is 4.79 Å². The van der Waals surface area contributed by atoms with E-state index in [-0.39, 0.29) is 23.7 Å². The van der Waals surface area contributed by atoms with E-state index < -0.39 is 5.60 Å². The largest absolute Gasteiger partial charge is 0.508 e. The summed E-state index contributed by atoms with van der Waals surface area (Å²) in [6.45, 7) is 6.71. The third-order valence-corrected chi connectivity index (χ3v) is 4.04. The minimum Gasteiger partial charge on any atom is -0.508 e. The second kappa shape index (κ2) is 7.02. The number of phenolic OH excluding ortho intramolecular Hbond substituents is 1. The van der Waals surface area contributed by atoms with Crippen LogP contribution in [0.3, 0.4) is 0 Å². The van der Waals surface area contributed by atoms with Gasteiger partial charge in [0.2, 0.25) is 0 Å². The molecule has 1 saturated heterocycles. The fourth-order valence-corrected chi connectivity index (χ4v) is 2.95. The molecule has 1 aromatic carbocycles. The summed E-state index contributed by atoms with van der Waals surface area (Å²) in [6, 6.07) is 6.70. The normalized spacial score (nSPS) is 20.0. The van der Waals surface area contributed by atoms with E-state index in [1.165, 1.54) is 0 Å². The van der Waals surface area contributed by atoms with Crippen molar-refractivity contribution in [3.05, 3.63) is 29.8 Å². The maximum Gasteiger partial charge on any atom is 0.410 e. The van der Waals surface area contributed by atoms with Gasteiger partial charge >= 0.3 is 6.09 Å². The number of aldehydes is 1. The van der Waals surface area contributed by atoms with Crippen molar-refractivity contribution in [2.24, 2.45) is 5.92 Å². The smallest absolute Gasteiger partial charge is 0.410 e. The van der Waals surface area contributed by atoms with Crippen molar-refractivity contribution in [1.82, 2.24) is 4.90 Å². The van der Waals surface area contributed by atoms with Crippen molar-refractivity contribution in [2.75, 3.05) is 13.1 Å². The molecule has 1 aromatic rings. The van der Waals surface area contributed by atoms with E-state index in [1.54, 1.807) is 29.2 Å². The number of rotatable bonds is 3. The van der Waals surface area contributed by atoms with Gasteiger partial charge in [0.1, 0.15) is 17.6 Å². The van der Waals surface area contributed by atoms with Gasteiger partial charge in [0.15, 0.2) is 0 Å². The average Bonchev–Trinajstić information content (AvgIpc) is 2.48. The van der Waals surface area contributed by atoms with Crippen LogP contribution in [0.25, 0.3) is 0 Å². The zero-order valence-electron chi connectivity index (χ0n) is 14.0. The number of nitrogens with zero attached hydrogens (tertiary/aromatic N) is 1. The molecule has 2 unspecified atom stereocenters. The number of likely N-dealkylation sites (tertiary alicyclic amines) is 1. The summed E-state index contributed by atoms with van der Waals surface area (Å²) in [5.41, 5.74) is 0.347. The third-order valence-electron chi connectivity index (χ3n) is 4.04. The number of amides is 1. The maximum absolute atomic E-state index is 12.2. The summed E-state index contributed by atoms with van der Waals surface area (Å²) in [5.74, 6) is -0.0310.